The monoisotopic (exact) mass is 405 g/mol. The lowest BCUT2D eigenvalue weighted by molar-refractivity contribution is -0.116. The van der Waals surface area contributed by atoms with Crippen LogP contribution in [0, 0.1) is 13.8 Å². The number of hydrogen-bond acceptors (Lipinski definition) is 4. The van der Waals surface area contributed by atoms with Gasteiger partial charge in [0.05, 0.1) is 11.2 Å². The third-order valence-electron chi connectivity index (χ3n) is 4.93. The van der Waals surface area contributed by atoms with Crippen LogP contribution in [-0.2, 0) is 11.3 Å². The van der Waals surface area contributed by atoms with Crippen LogP contribution in [0.2, 0.25) is 0 Å². The van der Waals surface area contributed by atoms with Gasteiger partial charge in [0, 0.05) is 5.69 Å². The van der Waals surface area contributed by atoms with Crippen LogP contribution in [-0.4, -0.2) is 15.0 Å². The topological polar surface area (TPSA) is 73.1 Å². The number of carbonyl (C=O) groups is 1. The number of benzene rings is 2. The van der Waals surface area contributed by atoms with E-state index in [0.29, 0.717) is 21.6 Å². The molecular weight excluding hydrogens is 386 g/mol. The lowest BCUT2D eigenvalue weighted by atomic mass is 10.1. The molecule has 0 saturated carbocycles. The molecule has 29 heavy (non-hydrogen) atoms. The highest BCUT2D eigenvalue weighted by Gasteiger charge is 2.18. The molecule has 2 aromatic heterocycles. The molecule has 7 heteroatoms. The Morgan fingerprint density at radius 1 is 1.00 bits per heavy atom. The van der Waals surface area contributed by atoms with Gasteiger partial charge in [-0.25, -0.2) is 9.36 Å². The molecule has 0 spiro atoms. The second kappa shape index (κ2) is 7.52. The van der Waals surface area contributed by atoms with Crippen LogP contribution in [0.15, 0.2) is 69.6 Å². The Bertz CT molecular complexity index is 1330. The highest BCUT2D eigenvalue weighted by atomic mass is 32.1. The van der Waals surface area contributed by atoms with Crippen LogP contribution in [0.4, 0.5) is 5.69 Å². The van der Waals surface area contributed by atoms with Gasteiger partial charge in [0.15, 0.2) is 0 Å². The SMILES string of the molecule is Cc1cccc(-n2c(=O)c3sccc3n(CC(=O)Nc3ccccc3)c2=O)c1C. The van der Waals surface area contributed by atoms with Gasteiger partial charge in [0.1, 0.15) is 11.2 Å². The van der Waals surface area contributed by atoms with Gasteiger partial charge in [-0.05, 0) is 54.6 Å². The number of nitrogens with one attached hydrogen (secondary N) is 1. The molecule has 146 valence electrons. The summed E-state index contributed by atoms with van der Waals surface area (Å²) in [6.45, 7) is 3.62. The van der Waals surface area contributed by atoms with Crippen LogP contribution < -0.4 is 16.6 Å². The molecule has 0 bridgehead atoms. The number of para-hydroxylation sites is 1. The summed E-state index contributed by atoms with van der Waals surface area (Å²) in [4.78, 5) is 39.0. The zero-order chi connectivity index (χ0) is 20.5. The van der Waals surface area contributed by atoms with Crippen molar-refractivity contribution < 1.29 is 4.79 Å². The van der Waals surface area contributed by atoms with Gasteiger partial charge in [-0.2, -0.15) is 0 Å². The summed E-state index contributed by atoms with van der Waals surface area (Å²) in [6.07, 6.45) is 0. The minimum absolute atomic E-state index is 0.188. The van der Waals surface area contributed by atoms with E-state index in [1.54, 1.807) is 29.6 Å². The van der Waals surface area contributed by atoms with Crippen LogP contribution in [0.5, 0.6) is 0 Å². The highest BCUT2D eigenvalue weighted by Crippen LogP contribution is 2.19. The minimum Gasteiger partial charge on any atom is -0.325 e. The first-order valence-electron chi connectivity index (χ1n) is 9.12. The molecule has 2 heterocycles. The van der Waals surface area contributed by atoms with E-state index in [-0.39, 0.29) is 18.0 Å². The third kappa shape index (κ3) is 3.40. The number of hydrogen-bond donors (Lipinski definition) is 1. The van der Waals surface area contributed by atoms with Gasteiger partial charge < -0.3 is 5.32 Å². The van der Waals surface area contributed by atoms with Crippen molar-refractivity contribution >= 4 is 33.1 Å². The first kappa shape index (κ1) is 18.9. The van der Waals surface area contributed by atoms with Gasteiger partial charge in [-0.15, -0.1) is 11.3 Å². The van der Waals surface area contributed by atoms with Crippen molar-refractivity contribution in [1.29, 1.82) is 0 Å². The number of amides is 1. The average Bonchev–Trinajstić information content (AvgIpc) is 3.19. The normalized spacial score (nSPS) is 11.0. The number of rotatable bonds is 4. The summed E-state index contributed by atoms with van der Waals surface area (Å²) in [5.74, 6) is -0.336. The molecule has 0 atom stereocenters. The second-order valence-electron chi connectivity index (χ2n) is 6.78. The first-order valence-corrected chi connectivity index (χ1v) is 10.00. The Balaban J connectivity index is 1.86. The van der Waals surface area contributed by atoms with Crippen LogP contribution >= 0.6 is 11.3 Å². The van der Waals surface area contributed by atoms with E-state index in [1.807, 2.05) is 44.2 Å². The van der Waals surface area contributed by atoms with Crippen molar-refractivity contribution in [2.24, 2.45) is 0 Å². The number of aromatic nitrogens is 2. The molecule has 4 rings (SSSR count). The van der Waals surface area contributed by atoms with E-state index >= 15 is 0 Å². The van der Waals surface area contributed by atoms with Gasteiger partial charge in [-0.1, -0.05) is 30.3 Å². The molecule has 0 aliphatic rings. The van der Waals surface area contributed by atoms with Crippen molar-refractivity contribution in [3.8, 4) is 5.69 Å². The molecule has 0 radical (unpaired) electrons. The predicted molar refractivity (Wildman–Crippen MR) is 116 cm³/mol. The summed E-state index contributed by atoms with van der Waals surface area (Å²) in [5.41, 5.74) is 2.58. The Hall–Kier alpha value is -3.45. The van der Waals surface area contributed by atoms with Crippen molar-refractivity contribution in [2.45, 2.75) is 20.4 Å². The van der Waals surface area contributed by atoms with Crippen molar-refractivity contribution in [1.82, 2.24) is 9.13 Å². The maximum absolute atomic E-state index is 13.3. The lowest BCUT2D eigenvalue weighted by Gasteiger charge is -2.14. The summed E-state index contributed by atoms with van der Waals surface area (Å²) >= 11 is 1.26. The fraction of sp³-hybridized carbons (Fsp3) is 0.136. The van der Waals surface area contributed by atoms with Crippen LogP contribution in [0.25, 0.3) is 15.9 Å². The number of carbonyl (C=O) groups excluding carboxylic acids is 1. The summed E-state index contributed by atoms with van der Waals surface area (Å²) in [5, 5.41) is 4.54. The van der Waals surface area contributed by atoms with Crippen molar-refractivity contribution in [2.75, 3.05) is 5.32 Å². The standard InChI is InChI=1S/C22H19N3O3S/c1-14-7-6-10-17(15(14)2)25-21(27)20-18(11-12-29-20)24(22(25)28)13-19(26)23-16-8-4-3-5-9-16/h3-12H,13H2,1-2H3,(H,23,26). The summed E-state index contributed by atoms with van der Waals surface area (Å²) < 4.78 is 2.96. The largest absolute Gasteiger partial charge is 0.336 e. The molecule has 0 fully saturated rings. The van der Waals surface area contributed by atoms with Gasteiger partial charge in [0.2, 0.25) is 5.91 Å². The van der Waals surface area contributed by atoms with Crippen molar-refractivity contribution in [3.05, 3.63) is 91.9 Å². The van der Waals surface area contributed by atoms with E-state index in [2.05, 4.69) is 5.32 Å². The zero-order valence-electron chi connectivity index (χ0n) is 16.0. The maximum atomic E-state index is 13.3. The molecule has 2 aromatic carbocycles. The molecule has 0 aliphatic carbocycles. The number of fused-ring (bicyclic) bond motifs is 1. The van der Waals surface area contributed by atoms with E-state index in [9.17, 15) is 14.4 Å². The Morgan fingerprint density at radius 3 is 2.52 bits per heavy atom. The maximum Gasteiger partial charge on any atom is 0.336 e. The van der Waals surface area contributed by atoms with Crippen LogP contribution in [0.3, 0.4) is 0 Å². The molecule has 6 nitrogen and oxygen atoms in total. The number of thiophene rings is 1. The molecule has 0 saturated heterocycles. The fourth-order valence-electron chi connectivity index (χ4n) is 3.30. The number of anilines is 1. The Labute approximate surface area is 170 Å². The van der Waals surface area contributed by atoms with E-state index in [0.717, 1.165) is 15.7 Å². The Morgan fingerprint density at radius 2 is 1.76 bits per heavy atom. The molecule has 4 aromatic rings. The van der Waals surface area contributed by atoms with E-state index in [4.69, 9.17) is 0 Å². The van der Waals surface area contributed by atoms with Crippen molar-refractivity contribution in [3.63, 3.8) is 0 Å². The molecule has 0 unspecified atom stereocenters. The van der Waals surface area contributed by atoms with Gasteiger partial charge >= 0.3 is 5.69 Å². The zero-order valence-corrected chi connectivity index (χ0v) is 16.8. The van der Waals surface area contributed by atoms with E-state index < -0.39 is 5.69 Å². The average molecular weight is 405 g/mol. The van der Waals surface area contributed by atoms with Gasteiger partial charge in [-0.3, -0.25) is 14.2 Å². The molecule has 1 amide bonds. The predicted octanol–water partition coefficient (Wildman–Crippen LogP) is 3.47. The quantitative estimate of drug-likeness (QED) is 0.565. The summed E-state index contributed by atoms with van der Waals surface area (Å²) in [6, 6.07) is 16.2. The third-order valence-corrected chi connectivity index (χ3v) is 5.82. The highest BCUT2D eigenvalue weighted by molar-refractivity contribution is 7.17. The fourth-order valence-corrected chi connectivity index (χ4v) is 4.12. The molecular formula is C22H19N3O3S. The number of aryl methyl sites for hydroxylation is 1. The molecule has 0 aliphatic heterocycles. The smallest absolute Gasteiger partial charge is 0.325 e. The van der Waals surface area contributed by atoms with E-state index in [1.165, 1.54) is 15.9 Å². The first-order chi connectivity index (χ1) is 14.0. The minimum atomic E-state index is -0.530. The Kier molecular flexibility index (Phi) is 4.90. The summed E-state index contributed by atoms with van der Waals surface area (Å²) in [7, 11) is 0. The van der Waals surface area contributed by atoms with Gasteiger partial charge in [0.25, 0.3) is 5.56 Å². The number of nitrogens with zero attached hydrogens (tertiary/aromatic N) is 2. The lowest BCUT2D eigenvalue weighted by Crippen LogP contribution is -2.40. The second-order valence-corrected chi connectivity index (χ2v) is 7.69. The van der Waals surface area contributed by atoms with Crippen LogP contribution in [0.1, 0.15) is 11.1 Å². The molecule has 1 N–H and O–H groups in total.